The Bertz CT molecular complexity index is 1290. The number of nitro benzene ring substituents is 1. The molecule has 9 heteroatoms. The Morgan fingerprint density at radius 2 is 0.818 bits per heavy atom. The molecule has 378 valence electrons. The van der Waals surface area contributed by atoms with E-state index < -0.39 is 4.92 Å². The summed E-state index contributed by atoms with van der Waals surface area (Å²) in [4.78, 5) is 48.0. The van der Waals surface area contributed by atoms with Crippen LogP contribution in [0.3, 0.4) is 0 Å². The summed E-state index contributed by atoms with van der Waals surface area (Å²) in [6.07, 6.45) is 51.1. The van der Waals surface area contributed by atoms with E-state index in [1.54, 1.807) is 12.1 Å². The van der Waals surface area contributed by atoms with Gasteiger partial charge in [0.25, 0.3) is 5.69 Å². The summed E-state index contributed by atoms with van der Waals surface area (Å²) in [6.45, 7) is 5.42. The van der Waals surface area contributed by atoms with Crippen molar-refractivity contribution in [3.8, 4) is 0 Å². The Labute approximate surface area is 403 Å². The highest BCUT2D eigenvalue weighted by molar-refractivity contribution is 5.73. The molecular formula is C57H97NO8. The van der Waals surface area contributed by atoms with E-state index in [1.165, 1.54) is 141 Å². The fourth-order valence-electron chi connectivity index (χ4n) is 8.24. The van der Waals surface area contributed by atoms with Crippen LogP contribution in [0.2, 0.25) is 0 Å². The molecule has 0 aliphatic carbocycles. The van der Waals surface area contributed by atoms with Crippen molar-refractivity contribution in [2.45, 2.75) is 270 Å². The molecule has 0 fully saturated rings. The highest BCUT2D eigenvalue weighted by atomic mass is 16.6. The number of allylic oxidation sites excluding steroid dienone is 4. The summed E-state index contributed by atoms with van der Waals surface area (Å²) < 4.78 is 16.9. The van der Waals surface area contributed by atoms with E-state index in [2.05, 4.69) is 38.2 Å². The molecule has 0 bridgehead atoms. The summed E-state index contributed by atoms with van der Waals surface area (Å²) in [6, 6.07) is 6.02. The monoisotopic (exact) mass is 924 g/mol. The van der Waals surface area contributed by atoms with Crippen LogP contribution in [0.15, 0.2) is 48.6 Å². The summed E-state index contributed by atoms with van der Waals surface area (Å²) in [5.41, 5.74) is 0.675. The van der Waals surface area contributed by atoms with E-state index in [-0.39, 0.29) is 36.1 Å². The van der Waals surface area contributed by atoms with Crippen molar-refractivity contribution in [3.05, 3.63) is 64.2 Å². The topological polar surface area (TPSA) is 122 Å². The van der Waals surface area contributed by atoms with Gasteiger partial charge in [-0.15, -0.1) is 0 Å². The van der Waals surface area contributed by atoms with Gasteiger partial charge in [0, 0.05) is 25.0 Å². The standard InChI is InChI=1S/C57H97NO8/c1-3-5-7-9-11-13-15-17-19-21-23-25-27-29-37-43-55(59)64-49-39-33-31-35-41-54(66-57(61)51-52-45-47-53(48-46-52)58(62)63)42-36-32-34-40-50-65-56(60)44-38-30-28-26-24-22-20-18-16-14-12-10-8-6-4-2/h17-20,45-48,54H,3-16,21-44,49-51H2,1-2H3/b19-17-,20-18-. The van der Waals surface area contributed by atoms with Crippen LogP contribution in [0.5, 0.6) is 0 Å². The molecule has 0 saturated carbocycles. The van der Waals surface area contributed by atoms with Crippen LogP contribution in [0.1, 0.15) is 263 Å². The van der Waals surface area contributed by atoms with Gasteiger partial charge in [0.1, 0.15) is 6.10 Å². The number of carbonyl (C=O) groups is 3. The second-order valence-electron chi connectivity index (χ2n) is 18.7. The van der Waals surface area contributed by atoms with E-state index in [9.17, 15) is 24.5 Å². The SMILES string of the molecule is CCCCCCCC/C=C\CCCCCCCC(=O)OCCCCCCC(CCCCCCOC(=O)CCCCCCC/C=C\CCCCCCCC)OC(=O)Cc1ccc([N+](=O)[O-])cc1. The number of ether oxygens (including phenoxy) is 3. The van der Waals surface area contributed by atoms with Crippen LogP contribution in [0, 0.1) is 10.1 Å². The largest absolute Gasteiger partial charge is 0.466 e. The lowest BCUT2D eigenvalue weighted by Crippen LogP contribution is -2.20. The van der Waals surface area contributed by atoms with Gasteiger partial charge in [0.15, 0.2) is 0 Å². The van der Waals surface area contributed by atoms with Crippen molar-refractivity contribution < 1.29 is 33.5 Å². The Morgan fingerprint density at radius 3 is 1.21 bits per heavy atom. The van der Waals surface area contributed by atoms with Crippen molar-refractivity contribution in [2.24, 2.45) is 0 Å². The number of nitro groups is 1. The molecule has 0 aliphatic heterocycles. The molecule has 0 heterocycles. The Kier molecular flexibility index (Phi) is 42.7. The average Bonchev–Trinajstić information content (AvgIpc) is 3.30. The zero-order valence-corrected chi connectivity index (χ0v) is 42.4. The van der Waals surface area contributed by atoms with Crippen molar-refractivity contribution in [1.82, 2.24) is 0 Å². The van der Waals surface area contributed by atoms with E-state index in [1.807, 2.05) is 0 Å². The van der Waals surface area contributed by atoms with Crippen LogP contribution >= 0.6 is 0 Å². The maximum absolute atomic E-state index is 12.9. The minimum Gasteiger partial charge on any atom is -0.466 e. The first-order chi connectivity index (χ1) is 32.3. The third-order valence-electron chi connectivity index (χ3n) is 12.4. The molecule has 0 N–H and O–H groups in total. The number of nitrogens with zero attached hydrogens (tertiary/aromatic N) is 1. The Morgan fingerprint density at radius 1 is 0.470 bits per heavy atom. The van der Waals surface area contributed by atoms with Gasteiger partial charge in [0.2, 0.25) is 0 Å². The van der Waals surface area contributed by atoms with Crippen molar-refractivity contribution in [3.63, 3.8) is 0 Å². The minimum atomic E-state index is -0.451. The lowest BCUT2D eigenvalue weighted by Gasteiger charge is -2.18. The zero-order valence-electron chi connectivity index (χ0n) is 42.4. The predicted molar refractivity (Wildman–Crippen MR) is 274 cm³/mol. The molecule has 0 unspecified atom stereocenters. The van der Waals surface area contributed by atoms with Gasteiger partial charge in [-0.25, -0.2) is 0 Å². The second kappa shape index (κ2) is 46.6. The molecule has 0 radical (unpaired) electrons. The number of unbranched alkanes of at least 4 members (excludes halogenated alkanes) is 28. The quantitative estimate of drug-likeness (QED) is 0.0158. The molecular weight excluding hydrogens is 827 g/mol. The molecule has 1 aromatic carbocycles. The molecule has 1 aromatic rings. The van der Waals surface area contributed by atoms with E-state index >= 15 is 0 Å². The Balaban J connectivity index is 2.19. The van der Waals surface area contributed by atoms with E-state index in [0.29, 0.717) is 31.6 Å². The normalized spacial score (nSPS) is 11.6. The van der Waals surface area contributed by atoms with Crippen LogP contribution in [-0.4, -0.2) is 42.1 Å². The molecule has 0 spiro atoms. The number of carbonyl (C=O) groups excluding carboxylic acids is 3. The lowest BCUT2D eigenvalue weighted by atomic mass is 10.0. The van der Waals surface area contributed by atoms with Crippen molar-refractivity contribution in [1.29, 1.82) is 0 Å². The van der Waals surface area contributed by atoms with Gasteiger partial charge in [-0.1, -0.05) is 179 Å². The van der Waals surface area contributed by atoms with E-state index in [0.717, 1.165) is 103 Å². The first kappa shape index (κ1) is 60.5. The van der Waals surface area contributed by atoms with Gasteiger partial charge in [-0.2, -0.15) is 0 Å². The third-order valence-corrected chi connectivity index (χ3v) is 12.4. The third kappa shape index (κ3) is 40.8. The highest BCUT2D eigenvalue weighted by Gasteiger charge is 2.16. The number of non-ortho nitro benzene ring substituents is 1. The molecule has 66 heavy (non-hydrogen) atoms. The summed E-state index contributed by atoms with van der Waals surface area (Å²) in [7, 11) is 0. The number of rotatable bonds is 48. The van der Waals surface area contributed by atoms with Gasteiger partial charge in [0.05, 0.1) is 24.6 Å². The maximum Gasteiger partial charge on any atom is 0.310 e. The van der Waals surface area contributed by atoms with E-state index in [4.69, 9.17) is 14.2 Å². The number of benzene rings is 1. The van der Waals surface area contributed by atoms with Crippen LogP contribution in [-0.2, 0) is 35.0 Å². The highest BCUT2D eigenvalue weighted by Crippen LogP contribution is 2.19. The molecule has 0 saturated heterocycles. The van der Waals surface area contributed by atoms with Gasteiger partial charge < -0.3 is 14.2 Å². The molecule has 9 nitrogen and oxygen atoms in total. The predicted octanol–water partition coefficient (Wildman–Crippen LogP) is 17.1. The zero-order chi connectivity index (χ0) is 47.8. The maximum atomic E-state index is 12.9. The average molecular weight is 924 g/mol. The fourth-order valence-corrected chi connectivity index (χ4v) is 8.24. The summed E-state index contributed by atoms with van der Waals surface area (Å²) >= 11 is 0. The lowest BCUT2D eigenvalue weighted by molar-refractivity contribution is -0.384. The summed E-state index contributed by atoms with van der Waals surface area (Å²) in [5.74, 6) is -0.524. The fraction of sp³-hybridized carbons (Fsp3) is 0.772. The number of hydrogen-bond acceptors (Lipinski definition) is 8. The van der Waals surface area contributed by atoms with Crippen molar-refractivity contribution in [2.75, 3.05) is 13.2 Å². The minimum absolute atomic E-state index is 0.00800. The van der Waals surface area contributed by atoms with Crippen LogP contribution < -0.4 is 0 Å². The van der Waals surface area contributed by atoms with Crippen LogP contribution in [0.4, 0.5) is 5.69 Å². The molecule has 1 rings (SSSR count). The molecule has 0 aliphatic rings. The Hall–Kier alpha value is -3.49. The molecule has 0 aromatic heterocycles. The smallest absolute Gasteiger partial charge is 0.310 e. The van der Waals surface area contributed by atoms with Gasteiger partial charge >= 0.3 is 17.9 Å². The molecule has 0 amide bonds. The van der Waals surface area contributed by atoms with Crippen molar-refractivity contribution >= 4 is 23.6 Å². The summed E-state index contributed by atoms with van der Waals surface area (Å²) in [5, 5.41) is 11.0. The number of esters is 3. The molecule has 0 atom stereocenters. The second-order valence-corrected chi connectivity index (χ2v) is 18.7. The number of hydrogen-bond donors (Lipinski definition) is 0. The first-order valence-corrected chi connectivity index (χ1v) is 27.4. The van der Waals surface area contributed by atoms with Gasteiger partial charge in [-0.05, 0) is 108 Å². The first-order valence-electron chi connectivity index (χ1n) is 27.4. The van der Waals surface area contributed by atoms with Crippen LogP contribution in [0.25, 0.3) is 0 Å². The van der Waals surface area contributed by atoms with Gasteiger partial charge in [-0.3, -0.25) is 24.5 Å².